The van der Waals surface area contributed by atoms with Gasteiger partial charge < -0.3 is 5.32 Å². The third kappa shape index (κ3) is 2.87. The van der Waals surface area contributed by atoms with Crippen molar-refractivity contribution in [3.05, 3.63) is 35.1 Å². The standard InChI is InChI=1S/C14H18FN3/c1-11-2-3-12(10-13(11)15)14(4-5-16)18-8-6-17-7-9-18/h2-3,10,14,17H,4,6-9H2,1H3/t14-/m0/s1. The Morgan fingerprint density at radius 2 is 2.17 bits per heavy atom. The molecule has 0 saturated carbocycles. The molecule has 0 spiro atoms. The third-order valence-electron chi connectivity index (χ3n) is 3.46. The number of piperazine rings is 1. The molecular weight excluding hydrogens is 229 g/mol. The molecule has 96 valence electrons. The first-order chi connectivity index (χ1) is 8.72. The highest BCUT2D eigenvalue weighted by Crippen LogP contribution is 2.25. The van der Waals surface area contributed by atoms with E-state index in [1.165, 1.54) is 0 Å². The zero-order valence-corrected chi connectivity index (χ0v) is 10.6. The van der Waals surface area contributed by atoms with E-state index in [-0.39, 0.29) is 11.9 Å². The Morgan fingerprint density at radius 1 is 1.44 bits per heavy atom. The summed E-state index contributed by atoms with van der Waals surface area (Å²) in [5.41, 5.74) is 1.55. The van der Waals surface area contributed by atoms with Gasteiger partial charge in [0, 0.05) is 32.2 Å². The van der Waals surface area contributed by atoms with Crippen molar-refractivity contribution in [3.63, 3.8) is 0 Å². The number of nitrogens with zero attached hydrogens (tertiary/aromatic N) is 2. The zero-order valence-electron chi connectivity index (χ0n) is 10.6. The number of benzene rings is 1. The Balaban J connectivity index is 2.22. The van der Waals surface area contributed by atoms with E-state index in [1.54, 1.807) is 19.1 Å². The molecule has 1 atom stereocenters. The monoisotopic (exact) mass is 247 g/mol. The SMILES string of the molecule is Cc1ccc([C@H](CC#N)N2CCNCC2)cc1F. The molecule has 1 aliphatic rings. The highest BCUT2D eigenvalue weighted by molar-refractivity contribution is 5.26. The minimum absolute atomic E-state index is 0.00667. The van der Waals surface area contributed by atoms with Gasteiger partial charge in [-0.3, -0.25) is 4.90 Å². The first-order valence-electron chi connectivity index (χ1n) is 6.30. The molecule has 1 heterocycles. The molecule has 1 fully saturated rings. The fourth-order valence-corrected chi connectivity index (χ4v) is 2.35. The maximum absolute atomic E-state index is 13.6. The van der Waals surface area contributed by atoms with Crippen molar-refractivity contribution in [3.8, 4) is 6.07 Å². The smallest absolute Gasteiger partial charge is 0.126 e. The number of halogens is 1. The fourth-order valence-electron chi connectivity index (χ4n) is 2.35. The van der Waals surface area contributed by atoms with Crippen LogP contribution in [0.25, 0.3) is 0 Å². The lowest BCUT2D eigenvalue weighted by atomic mass is 10.00. The Bertz CT molecular complexity index is 447. The Hall–Kier alpha value is -1.44. The lowest BCUT2D eigenvalue weighted by Crippen LogP contribution is -2.45. The average Bonchev–Trinajstić information content (AvgIpc) is 2.40. The molecule has 0 amide bonds. The molecule has 4 heteroatoms. The van der Waals surface area contributed by atoms with Crippen LogP contribution in [0.15, 0.2) is 18.2 Å². The van der Waals surface area contributed by atoms with Crippen molar-refractivity contribution in [1.29, 1.82) is 5.26 Å². The lowest BCUT2D eigenvalue weighted by molar-refractivity contribution is 0.175. The Morgan fingerprint density at radius 3 is 2.78 bits per heavy atom. The highest BCUT2D eigenvalue weighted by atomic mass is 19.1. The number of nitriles is 1. The predicted molar refractivity (Wildman–Crippen MR) is 68.6 cm³/mol. The van der Waals surface area contributed by atoms with Gasteiger partial charge in [0.05, 0.1) is 12.5 Å². The van der Waals surface area contributed by atoms with Crippen molar-refractivity contribution >= 4 is 0 Å². The quantitative estimate of drug-likeness (QED) is 0.888. The van der Waals surface area contributed by atoms with Crippen LogP contribution in [0, 0.1) is 24.1 Å². The molecule has 0 bridgehead atoms. The fraction of sp³-hybridized carbons (Fsp3) is 0.500. The van der Waals surface area contributed by atoms with Gasteiger partial charge in [0.25, 0.3) is 0 Å². The number of nitrogens with one attached hydrogen (secondary N) is 1. The van der Waals surface area contributed by atoms with Crippen molar-refractivity contribution < 1.29 is 4.39 Å². The van der Waals surface area contributed by atoms with Gasteiger partial charge in [-0.05, 0) is 24.1 Å². The van der Waals surface area contributed by atoms with E-state index < -0.39 is 0 Å². The van der Waals surface area contributed by atoms with E-state index in [0.717, 1.165) is 31.7 Å². The molecule has 1 aliphatic heterocycles. The molecule has 18 heavy (non-hydrogen) atoms. The zero-order chi connectivity index (χ0) is 13.0. The van der Waals surface area contributed by atoms with Crippen LogP contribution in [-0.2, 0) is 0 Å². The van der Waals surface area contributed by atoms with Crippen LogP contribution in [0.4, 0.5) is 4.39 Å². The Kier molecular flexibility index (Phi) is 4.29. The van der Waals surface area contributed by atoms with Gasteiger partial charge in [0.2, 0.25) is 0 Å². The van der Waals surface area contributed by atoms with Crippen LogP contribution in [-0.4, -0.2) is 31.1 Å². The summed E-state index contributed by atoms with van der Waals surface area (Å²) in [6.07, 6.45) is 0.405. The first kappa shape index (κ1) is 13.0. The minimum atomic E-state index is -0.189. The first-order valence-corrected chi connectivity index (χ1v) is 6.30. The second kappa shape index (κ2) is 5.94. The molecular formula is C14H18FN3. The summed E-state index contributed by atoms with van der Waals surface area (Å²) in [6.45, 7) is 5.42. The van der Waals surface area contributed by atoms with E-state index in [2.05, 4.69) is 16.3 Å². The number of hydrogen-bond acceptors (Lipinski definition) is 3. The number of hydrogen-bond donors (Lipinski definition) is 1. The molecule has 1 aromatic carbocycles. The van der Waals surface area contributed by atoms with Crippen LogP contribution in [0.1, 0.15) is 23.6 Å². The van der Waals surface area contributed by atoms with Gasteiger partial charge in [-0.25, -0.2) is 4.39 Å². The van der Waals surface area contributed by atoms with Crippen LogP contribution in [0.2, 0.25) is 0 Å². The molecule has 1 N–H and O–H groups in total. The molecule has 1 aromatic rings. The summed E-state index contributed by atoms with van der Waals surface area (Å²) in [4.78, 5) is 2.25. The van der Waals surface area contributed by atoms with Crippen LogP contribution < -0.4 is 5.32 Å². The van der Waals surface area contributed by atoms with Crippen LogP contribution in [0.5, 0.6) is 0 Å². The van der Waals surface area contributed by atoms with Crippen LogP contribution in [0.3, 0.4) is 0 Å². The maximum atomic E-state index is 13.6. The molecule has 3 nitrogen and oxygen atoms in total. The summed E-state index contributed by atoms with van der Waals surface area (Å²) in [6, 6.07) is 7.51. The van der Waals surface area contributed by atoms with E-state index >= 15 is 0 Å². The molecule has 2 rings (SSSR count). The summed E-state index contributed by atoms with van der Waals surface area (Å²) in [7, 11) is 0. The second-order valence-corrected chi connectivity index (χ2v) is 4.67. The van der Waals surface area contributed by atoms with Gasteiger partial charge in [-0.1, -0.05) is 12.1 Å². The van der Waals surface area contributed by atoms with Gasteiger partial charge >= 0.3 is 0 Å². The highest BCUT2D eigenvalue weighted by Gasteiger charge is 2.22. The third-order valence-corrected chi connectivity index (χ3v) is 3.46. The molecule has 1 saturated heterocycles. The summed E-state index contributed by atoms with van der Waals surface area (Å²) >= 11 is 0. The topological polar surface area (TPSA) is 39.1 Å². The maximum Gasteiger partial charge on any atom is 0.126 e. The van der Waals surface area contributed by atoms with Gasteiger partial charge in [0.1, 0.15) is 5.82 Å². The lowest BCUT2D eigenvalue weighted by Gasteiger charge is -2.34. The second-order valence-electron chi connectivity index (χ2n) is 4.67. The molecule has 0 aromatic heterocycles. The van der Waals surface area contributed by atoms with Gasteiger partial charge in [-0.2, -0.15) is 5.26 Å². The normalized spacial score (nSPS) is 18.3. The van der Waals surface area contributed by atoms with Gasteiger partial charge in [-0.15, -0.1) is 0 Å². The Labute approximate surface area is 107 Å². The molecule has 0 aliphatic carbocycles. The minimum Gasteiger partial charge on any atom is -0.314 e. The van der Waals surface area contributed by atoms with E-state index in [4.69, 9.17) is 5.26 Å². The molecule has 0 radical (unpaired) electrons. The number of rotatable bonds is 3. The largest absolute Gasteiger partial charge is 0.314 e. The van der Waals surface area contributed by atoms with Crippen LogP contribution >= 0.6 is 0 Å². The predicted octanol–water partition coefficient (Wildman–Crippen LogP) is 1.99. The van der Waals surface area contributed by atoms with Gasteiger partial charge in [0.15, 0.2) is 0 Å². The summed E-state index contributed by atoms with van der Waals surface area (Å²) < 4.78 is 13.6. The van der Waals surface area contributed by atoms with Crippen molar-refractivity contribution in [1.82, 2.24) is 10.2 Å². The van der Waals surface area contributed by atoms with Crippen molar-refractivity contribution in [2.75, 3.05) is 26.2 Å². The average molecular weight is 247 g/mol. The molecule has 0 unspecified atom stereocenters. The van der Waals surface area contributed by atoms with E-state index in [0.29, 0.717) is 12.0 Å². The summed E-state index contributed by atoms with van der Waals surface area (Å²) in [5, 5.41) is 12.3. The van der Waals surface area contributed by atoms with E-state index in [9.17, 15) is 4.39 Å². The number of aryl methyl sites for hydroxylation is 1. The summed E-state index contributed by atoms with van der Waals surface area (Å²) in [5.74, 6) is -0.189. The van der Waals surface area contributed by atoms with Crippen molar-refractivity contribution in [2.45, 2.75) is 19.4 Å². The van der Waals surface area contributed by atoms with E-state index in [1.807, 2.05) is 6.07 Å². The van der Waals surface area contributed by atoms with Crippen molar-refractivity contribution in [2.24, 2.45) is 0 Å².